The predicted octanol–water partition coefficient (Wildman–Crippen LogP) is 4.25. The van der Waals surface area contributed by atoms with Gasteiger partial charge in [-0.2, -0.15) is 0 Å². The normalized spacial score (nSPS) is 19.9. The van der Waals surface area contributed by atoms with Gasteiger partial charge in [-0.3, -0.25) is 14.2 Å². The molecule has 1 saturated carbocycles. The fourth-order valence-corrected chi connectivity index (χ4v) is 4.66. The third-order valence-corrected chi connectivity index (χ3v) is 6.02. The summed E-state index contributed by atoms with van der Waals surface area (Å²) in [6.45, 7) is 2.08. The summed E-state index contributed by atoms with van der Waals surface area (Å²) < 4.78 is 6.96. The Hall–Kier alpha value is -2.47. The highest BCUT2D eigenvalue weighted by Gasteiger charge is 2.23. The highest BCUT2D eigenvalue weighted by atomic mass is 32.1. The van der Waals surface area contributed by atoms with Crippen LogP contribution >= 0.6 is 11.3 Å². The van der Waals surface area contributed by atoms with Crippen molar-refractivity contribution >= 4 is 27.5 Å². The van der Waals surface area contributed by atoms with E-state index in [0.717, 1.165) is 30.4 Å². The van der Waals surface area contributed by atoms with Gasteiger partial charge in [0.1, 0.15) is 17.5 Å². The minimum absolute atomic E-state index is 0.0327. The molecule has 1 aliphatic carbocycles. The third kappa shape index (κ3) is 3.81. The molecule has 1 fully saturated rings. The van der Waals surface area contributed by atoms with Gasteiger partial charge in [0.05, 0.1) is 11.7 Å². The number of carbonyl (C=O) groups is 1. The molecule has 1 aliphatic rings. The second-order valence-electron chi connectivity index (χ2n) is 7.26. The van der Waals surface area contributed by atoms with Crippen molar-refractivity contribution in [1.29, 1.82) is 0 Å². The molecule has 2 aromatic heterocycles. The number of hydrogen-bond acceptors (Lipinski definition) is 5. The average Bonchev–Trinajstić information content (AvgIpc) is 3.10. The number of rotatable bonds is 4. The third-order valence-electron chi connectivity index (χ3n) is 5.13. The first-order chi connectivity index (χ1) is 13.1. The lowest BCUT2D eigenvalue weighted by Crippen LogP contribution is -2.30. The molecule has 5 nitrogen and oxygen atoms in total. The Bertz CT molecular complexity index is 1010. The van der Waals surface area contributed by atoms with Gasteiger partial charge in [-0.1, -0.05) is 43.7 Å². The molecule has 140 valence electrons. The SMILES string of the molecule is C[C@H]1CCC[C@@H](OC(=O)Cn2cnc3scc(-c4ccccc4)c3c2=O)C1. The topological polar surface area (TPSA) is 61.2 Å². The van der Waals surface area contributed by atoms with Gasteiger partial charge in [0.2, 0.25) is 0 Å². The van der Waals surface area contributed by atoms with E-state index in [0.29, 0.717) is 16.1 Å². The zero-order valence-corrected chi connectivity index (χ0v) is 16.1. The Morgan fingerprint density at radius 3 is 2.89 bits per heavy atom. The van der Waals surface area contributed by atoms with Crippen LogP contribution in [0.5, 0.6) is 0 Å². The molecular weight excluding hydrogens is 360 g/mol. The zero-order chi connectivity index (χ0) is 18.8. The smallest absolute Gasteiger partial charge is 0.326 e. The molecule has 0 unspecified atom stereocenters. The number of hydrogen-bond donors (Lipinski definition) is 0. The molecule has 3 aromatic rings. The van der Waals surface area contributed by atoms with Crippen LogP contribution < -0.4 is 5.56 Å². The maximum Gasteiger partial charge on any atom is 0.326 e. The van der Waals surface area contributed by atoms with Crippen molar-refractivity contribution in [3.8, 4) is 11.1 Å². The molecule has 0 amide bonds. The van der Waals surface area contributed by atoms with E-state index in [1.54, 1.807) is 0 Å². The predicted molar refractivity (Wildman–Crippen MR) is 107 cm³/mol. The minimum atomic E-state index is -0.367. The van der Waals surface area contributed by atoms with Gasteiger partial charge in [-0.25, -0.2) is 4.98 Å². The van der Waals surface area contributed by atoms with Crippen molar-refractivity contribution in [2.45, 2.75) is 45.3 Å². The summed E-state index contributed by atoms with van der Waals surface area (Å²) in [6.07, 6.45) is 5.50. The lowest BCUT2D eigenvalue weighted by Gasteiger charge is -2.26. The molecule has 6 heteroatoms. The van der Waals surface area contributed by atoms with Gasteiger partial charge in [-0.05, 0) is 30.7 Å². The van der Waals surface area contributed by atoms with E-state index in [1.165, 1.54) is 28.7 Å². The molecule has 2 heterocycles. The van der Waals surface area contributed by atoms with Crippen LogP contribution in [0, 0.1) is 5.92 Å². The molecule has 0 saturated heterocycles. The number of nitrogens with zero attached hydrogens (tertiary/aromatic N) is 2. The minimum Gasteiger partial charge on any atom is -0.461 e. The number of ether oxygens (including phenoxy) is 1. The van der Waals surface area contributed by atoms with Gasteiger partial charge in [0.25, 0.3) is 5.56 Å². The standard InChI is InChI=1S/C21H22N2O3S/c1-14-6-5-9-16(10-14)26-18(24)11-23-13-22-20-19(21(23)25)17(12-27-20)15-7-3-2-4-8-15/h2-4,7-8,12-14,16H,5-6,9-11H2,1H3/t14-,16+/m0/s1. The monoisotopic (exact) mass is 382 g/mol. The highest BCUT2D eigenvalue weighted by molar-refractivity contribution is 7.17. The summed E-state index contributed by atoms with van der Waals surface area (Å²) in [6, 6.07) is 9.76. The molecule has 0 spiro atoms. The Balaban J connectivity index is 1.58. The molecule has 2 atom stereocenters. The fraction of sp³-hybridized carbons (Fsp3) is 0.381. The van der Waals surface area contributed by atoms with Crippen molar-refractivity contribution in [2.24, 2.45) is 5.92 Å². The molecule has 0 aliphatic heterocycles. The maximum absolute atomic E-state index is 13.0. The fourth-order valence-electron chi connectivity index (χ4n) is 3.76. The van der Waals surface area contributed by atoms with Gasteiger partial charge in [-0.15, -0.1) is 11.3 Å². The summed E-state index contributed by atoms with van der Waals surface area (Å²) >= 11 is 1.44. The van der Waals surface area contributed by atoms with Crippen molar-refractivity contribution in [1.82, 2.24) is 9.55 Å². The number of aromatic nitrogens is 2. The number of carbonyl (C=O) groups excluding carboxylic acids is 1. The Labute approximate surface area is 161 Å². The van der Waals surface area contributed by atoms with Crippen LogP contribution in [0.3, 0.4) is 0 Å². The van der Waals surface area contributed by atoms with E-state index in [1.807, 2.05) is 35.7 Å². The first-order valence-corrected chi connectivity index (χ1v) is 10.2. The van der Waals surface area contributed by atoms with Crippen LogP contribution in [-0.2, 0) is 16.1 Å². The summed E-state index contributed by atoms with van der Waals surface area (Å²) in [5.41, 5.74) is 1.63. The first-order valence-electron chi connectivity index (χ1n) is 9.33. The quantitative estimate of drug-likeness (QED) is 0.633. The lowest BCUT2D eigenvalue weighted by atomic mass is 9.89. The summed E-state index contributed by atoms with van der Waals surface area (Å²) in [5, 5.41) is 2.51. The van der Waals surface area contributed by atoms with Crippen LogP contribution in [0.25, 0.3) is 21.3 Å². The second-order valence-corrected chi connectivity index (χ2v) is 8.11. The zero-order valence-electron chi connectivity index (χ0n) is 15.3. The van der Waals surface area contributed by atoms with E-state index in [4.69, 9.17) is 4.74 Å². The van der Waals surface area contributed by atoms with E-state index in [2.05, 4.69) is 11.9 Å². The van der Waals surface area contributed by atoms with Gasteiger partial charge in [0.15, 0.2) is 0 Å². The molecule has 27 heavy (non-hydrogen) atoms. The van der Waals surface area contributed by atoms with Gasteiger partial charge in [0, 0.05) is 10.9 Å². The molecule has 4 rings (SSSR count). The number of fused-ring (bicyclic) bond motifs is 1. The first kappa shape index (κ1) is 17.9. The van der Waals surface area contributed by atoms with Gasteiger partial charge >= 0.3 is 5.97 Å². The van der Waals surface area contributed by atoms with Crippen LogP contribution in [0.2, 0.25) is 0 Å². The molecule has 1 aromatic carbocycles. The Kier molecular flexibility index (Phi) is 5.07. The van der Waals surface area contributed by atoms with E-state index in [9.17, 15) is 9.59 Å². The van der Waals surface area contributed by atoms with Crippen LogP contribution in [0.4, 0.5) is 0 Å². The summed E-state index contributed by atoms with van der Waals surface area (Å²) in [4.78, 5) is 30.4. The second kappa shape index (κ2) is 7.64. The summed E-state index contributed by atoms with van der Waals surface area (Å²) in [5.74, 6) is 0.213. The molecule has 0 radical (unpaired) electrons. The molecular formula is C21H22N2O3S. The van der Waals surface area contributed by atoms with Crippen LogP contribution in [-0.4, -0.2) is 21.6 Å². The Morgan fingerprint density at radius 1 is 1.30 bits per heavy atom. The van der Waals surface area contributed by atoms with Crippen molar-refractivity contribution in [3.05, 3.63) is 52.4 Å². The van der Waals surface area contributed by atoms with E-state index in [-0.39, 0.29) is 24.2 Å². The van der Waals surface area contributed by atoms with Crippen LogP contribution in [0.15, 0.2) is 46.8 Å². The number of benzene rings is 1. The van der Waals surface area contributed by atoms with Crippen LogP contribution in [0.1, 0.15) is 32.6 Å². The van der Waals surface area contributed by atoms with Gasteiger partial charge < -0.3 is 4.74 Å². The summed E-state index contributed by atoms with van der Waals surface area (Å²) in [7, 11) is 0. The van der Waals surface area contributed by atoms with Crippen molar-refractivity contribution in [3.63, 3.8) is 0 Å². The average molecular weight is 382 g/mol. The maximum atomic E-state index is 13.0. The Morgan fingerprint density at radius 2 is 2.11 bits per heavy atom. The highest BCUT2D eigenvalue weighted by Crippen LogP contribution is 2.30. The largest absolute Gasteiger partial charge is 0.461 e. The lowest BCUT2D eigenvalue weighted by molar-refractivity contribution is -0.152. The van der Waals surface area contributed by atoms with E-state index >= 15 is 0 Å². The molecule has 0 bridgehead atoms. The van der Waals surface area contributed by atoms with Crippen molar-refractivity contribution < 1.29 is 9.53 Å². The molecule has 0 N–H and O–H groups in total. The number of esters is 1. The van der Waals surface area contributed by atoms with Crippen molar-refractivity contribution in [2.75, 3.05) is 0 Å². The van der Waals surface area contributed by atoms with E-state index < -0.39 is 0 Å². The number of thiophene rings is 1.